The van der Waals surface area contributed by atoms with Gasteiger partial charge in [0, 0.05) is 45.6 Å². The van der Waals surface area contributed by atoms with Gasteiger partial charge in [-0.25, -0.2) is 4.39 Å². The van der Waals surface area contributed by atoms with Gasteiger partial charge in [-0.15, -0.1) is 34.0 Å². The van der Waals surface area contributed by atoms with Crippen LogP contribution in [0.25, 0.3) is 61.6 Å². The zero-order chi connectivity index (χ0) is 43.3. The summed E-state index contributed by atoms with van der Waals surface area (Å²) in [6, 6.07) is 13.9. The zero-order valence-electron chi connectivity index (χ0n) is 38.4. The standard InChI is InChI=1S/C54H71FO3S4/c1-6-9-12-15-18-19-20-21-24-27-30-58-54-49(55)48-52(62-54)38(5)60-53(48)47-34-40-33-42-44(36-46(40)61-47)50(56-28-25-22-16-13-10-7-2)41-32-39-31-37(4)59-45(39)35-43(41)51(42)57-29-26-23-17-14-11-8-3/h31-36H,6-30H2,1-5H3. The maximum Gasteiger partial charge on any atom is 0.211 e. The van der Waals surface area contributed by atoms with Gasteiger partial charge in [0.25, 0.3) is 0 Å². The van der Waals surface area contributed by atoms with Gasteiger partial charge in [-0.3, -0.25) is 0 Å². The van der Waals surface area contributed by atoms with Gasteiger partial charge >= 0.3 is 0 Å². The topological polar surface area (TPSA) is 27.7 Å². The summed E-state index contributed by atoms with van der Waals surface area (Å²) in [4.78, 5) is 4.56. The highest BCUT2D eigenvalue weighted by molar-refractivity contribution is 7.30. The van der Waals surface area contributed by atoms with E-state index < -0.39 is 0 Å². The summed E-state index contributed by atoms with van der Waals surface area (Å²) in [5, 5.41) is 8.04. The molecule has 0 saturated heterocycles. The average molecular weight is 915 g/mol. The quantitative estimate of drug-likeness (QED) is 0.0346. The Labute approximate surface area is 387 Å². The minimum Gasteiger partial charge on any atom is -0.492 e. The van der Waals surface area contributed by atoms with E-state index >= 15 is 4.39 Å². The molecular formula is C54H71FO3S4. The van der Waals surface area contributed by atoms with Gasteiger partial charge in [0.15, 0.2) is 5.82 Å². The monoisotopic (exact) mass is 914 g/mol. The van der Waals surface area contributed by atoms with E-state index in [-0.39, 0.29) is 5.82 Å². The summed E-state index contributed by atoms with van der Waals surface area (Å²) in [7, 11) is 0. The summed E-state index contributed by atoms with van der Waals surface area (Å²) in [6.07, 6.45) is 27.4. The Morgan fingerprint density at radius 3 is 1.40 bits per heavy atom. The summed E-state index contributed by atoms with van der Waals surface area (Å²) in [5.41, 5.74) is 0. The molecule has 0 N–H and O–H groups in total. The van der Waals surface area contributed by atoms with Crippen molar-refractivity contribution < 1.29 is 18.6 Å². The fourth-order valence-electron chi connectivity index (χ4n) is 9.00. The van der Waals surface area contributed by atoms with Crippen molar-refractivity contribution in [3.05, 3.63) is 52.0 Å². The summed E-state index contributed by atoms with van der Waals surface area (Å²) >= 11 is 6.79. The number of unbranched alkanes of at least 4 members (excludes halogenated alkanes) is 19. The molecule has 0 atom stereocenters. The van der Waals surface area contributed by atoms with Crippen LogP contribution in [-0.2, 0) is 0 Å². The second kappa shape index (κ2) is 23.9. The van der Waals surface area contributed by atoms with Crippen molar-refractivity contribution in [2.24, 2.45) is 0 Å². The van der Waals surface area contributed by atoms with Crippen LogP contribution in [0.15, 0.2) is 36.4 Å². The maximum atomic E-state index is 16.4. The Hall–Kier alpha value is -2.91. The van der Waals surface area contributed by atoms with Crippen molar-refractivity contribution in [3.63, 3.8) is 0 Å². The number of aryl methyl sites for hydroxylation is 2. The molecule has 7 rings (SSSR count). The van der Waals surface area contributed by atoms with Crippen LogP contribution < -0.4 is 14.2 Å². The van der Waals surface area contributed by atoms with Crippen molar-refractivity contribution in [3.8, 4) is 26.3 Å². The predicted molar refractivity (Wildman–Crippen MR) is 275 cm³/mol. The Bertz CT molecular complexity index is 2370. The van der Waals surface area contributed by atoms with Gasteiger partial charge in [-0.1, -0.05) is 154 Å². The third-order valence-corrected chi connectivity index (χ3v) is 17.2. The van der Waals surface area contributed by atoms with Crippen LogP contribution in [0.1, 0.15) is 172 Å². The number of fused-ring (bicyclic) bond motifs is 5. The van der Waals surface area contributed by atoms with Crippen LogP contribution >= 0.6 is 45.3 Å². The molecule has 0 bridgehead atoms. The Morgan fingerprint density at radius 2 is 0.887 bits per heavy atom. The number of ether oxygens (including phenoxy) is 3. The lowest BCUT2D eigenvalue weighted by atomic mass is 9.98. The van der Waals surface area contributed by atoms with E-state index in [2.05, 4.69) is 71.0 Å². The highest BCUT2D eigenvalue weighted by atomic mass is 32.1. The van der Waals surface area contributed by atoms with Crippen LogP contribution in [0.3, 0.4) is 0 Å². The van der Waals surface area contributed by atoms with Crippen LogP contribution in [0.2, 0.25) is 0 Å². The number of hydrogen-bond donors (Lipinski definition) is 0. The van der Waals surface area contributed by atoms with Gasteiger partial charge < -0.3 is 14.2 Å². The molecule has 4 aromatic heterocycles. The molecule has 0 saturated carbocycles. The highest BCUT2D eigenvalue weighted by Gasteiger charge is 2.25. The van der Waals surface area contributed by atoms with E-state index in [1.807, 2.05) is 11.3 Å². The lowest BCUT2D eigenvalue weighted by Gasteiger charge is -2.19. The molecule has 0 spiro atoms. The molecule has 0 aliphatic heterocycles. The Morgan fingerprint density at radius 1 is 0.452 bits per heavy atom. The third kappa shape index (κ3) is 11.7. The van der Waals surface area contributed by atoms with Gasteiger partial charge in [0.05, 0.1) is 34.8 Å². The summed E-state index contributed by atoms with van der Waals surface area (Å²) in [6.45, 7) is 13.1. The van der Waals surface area contributed by atoms with Crippen LogP contribution in [0, 0.1) is 19.7 Å². The van der Waals surface area contributed by atoms with Crippen LogP contribution in [0.5, 0.6) is 16.6 Å². The molecule has 336 valence electrons. The van der Waals surface area contributed by atoms with Crippen molar-refractivity contribution in [1.82, 2.24) is 0 Å². The normalized spacial score (nSPS) is 12.0. The molecule has 3 nitrogen and oxygen atoms in total. The molecule has 0 unspecified atom stereocenters. The molecule has 0 aliphatic carbocycles. The molecule has 0 aliphatic rings. The van der Waals surface area contributed by atoms with Crippen LogP contribution in [-0.4, -0.2) is 19.8 Å². The Balaban J connectivity index is 1.18. The first-order valence-corrected chi connectivity index (χ1v) is 27.7. The van der Waals surface area contributed by atoms with Gasteiger partial charge in [0.1, 0.15) is 11.5 Å². The van der Waals surface area contributed by atoms with Gasteiger partial charge in [0.2, 0.25) is 5.06 Å². The number of thiophene rings is 4. The third-order valence-electron chi connectivity index (χ3n) is 12.5. The van der Waals surface area contributed by atoms with Gasteiger partial charge in [-0.05, 0) is 80.3 Å². The van der Waals surface area contributed by atoms with Crippen molar-refractivity contribution >= 4 is 97.2 Å². The molecule has 4 heterocycles. The lowest BCUT2D eigenvalue weighted by molar-refractivity contribution is 0.300. The molecule has 0 fully saturated rings. The van der Waals surface area contributed by atoms with Crippen molar-refractivity contribution in [2.75, 3.05) is 19.8 Å². The number of rotatable bonds is 29. The summed E-state index contributed by atoms with van der Waals surface area (Å²) in [5.74, 6) is 1.72. The molecule has 8 heteroatoms. The molecule has 0 amide bonds. The van der Waals surface area contributed by atoms with E-state index in [1.165, 1.54) is 147 Å². The van der Waals surface area contributed by atoms with E-state index in [0.717, 1.165) is 88.8 Å². The minimum atomic E-state index is -0.198. The van der Waals surface area contributed by atoms with E-state index in [0.29, 0.717) is 24.9 Å². The predicted octanol–water partition coefficient (Wildman–Crippen LogP) is 19.9. The van der Waals surface area contributed by atoms with E-state index in [1.54, 1.807) is 22.7 Å². The van der Waals surface area contributed by atoms with Crippen molar-refractivity contribution in [2.45, 2.75) is 176 Å². The summed E-state index contributed by atoms with van der Waals surface area (Å²) < 4.78 is 39.9. The van der Waals surface area contributed by atoms with E-state index in [4.69, 9.17) is 14.2 Å². The first kappa shape index (κ1) is 47.1. The van der Waals surface area contributed by atoms with E-state index in [9.17, 15) is 0 Å². The average Bonchev–Trinajstić information content (AvgIpc) is 4.03. The molecule has 0 radical (unpaired) electrons. The molecular weight excluding hydrogens is 844 g/mol. The second-order valence-corrected chi connectivity index (χ2v) is 22.2. The first-order chi connectivity index (χ1) is 30.4. The number of benzene rings is 3. The lowest BCUT2D eigenvalue weighted by Crippen LogP contribution is -2.02. The number of halogens is 1. The molecule has 62 heavy (non-hydrogen) atoms. The second-order valence-electron chi connectivity index (χ2n) is 17.7. The van der Waals surface area contributed by atoms with Crippen LogP contribution in [0.4, 0.5) is 4.39 Å². The highest BCUT2D eigenvalue weighted by Crippen LogP contribution is 2.52. The zero-order valence-corrected chi connectivity index (χ0v) is 41.6. The maximum absolute atomic E-state index is 16.4. The fourth-order valence-corrected chi connectivity index (χ4v) is 13.4. The van der Waals surface area contributed by atoms with Gasteiger partial charge in [-0.2, -0.15) is 0 Å². The minimum absolute atomic E-state index is 0.198. The smallest absolute Gasteiger partial charge is 0.211 e. The van der Waals surface area contributed by atoms with Crippen molar-refractivity contribution in [1.29, 1.82) is 0 Å². The number of hydrogen-bond acceptors (Lipinski definition) is 7. The molecule has 3 aromatic carbocycles. The largest absolute Gasteiger partial charge is 0.492 e. The first-order valence-electron chi connectivity index (χ1n) is 24.4. The Kier molecular flexibility index (Phi) is 18.1. The molecule has 7 aromatic rings. The fraction of sp³-hybridized carbons (Fsp3) is 0.556. The SMILES string of the molecule is CCCCCCCCCCCCOc1sc2c(C)sc(-c3cc4cc5c(OCCCCCCCC)c6cc7sc(C)cc7cc6c(OCCCCCCCC)c5cc4s3)c2c1F.